The van der Waals surface area contributed by atoms with Crippen LogP contribution in [0.1, 0.15) is 27.2 Å². The van der Waals surface area contributed by atoms with Crippen molar-refractivity contribution in [3.8, 4) is 0 Å². The Balaban J connectivity index is 1.84. The van der Waals surface area contributed by atoms with Gasteiger partial charge in [0, 0.05) is 38.8 Å². The van der Waals surface area contributed by atoms with Crippen LogP contribution in [-0.2, 0) is 4.79 Å². The zero-order valence-corrected chi connectivity index (χ0v) is 12.0. The number of piperazine rings is 1. The Bertz CT molecular complexity index is 287. The lowest BCUT2D eigenvalue weighted by atomic mass is 9.96. The molecule has 4 heteroatoms. The van der Waals surface area contributed by atoms with E-state index in [1.807, 2.05) is 0 Å². The maximum atomic E-state index is 12.4. The SMILES string of the molecule is CCC(C)N1CCN(C(=O)[C@@H]2CNC[C@H]2C)CC1. The highest BCUT2D eigenvalue weighted by atomic mass is 16.2. The molecule has 2 heterocycles. The molecular formula is C14H27N3O. The second kappa shape index (κ2) is 6.02. The lowest BCUT2D eigenvalue weighted by Crippen LogP contribution is -2.53. The summed E-state index contributed by atoms with van der Waals surface area (Å²) in [4.78, 5) is 17.0. The number of rotatable bonds is 3. The first-order valence-electron chi connectivity index (χ1n) is 7.37. The molecule has 2 saturated heterocycles. The van der Waals surface area contributed by atoms with Gasteiger partial charge in [-0.25, -0.2) is 0 Å². The van der Waals surface area contributed by atoms with Crippen molar-refractivity contribution in [2.24, 2.45) is 11.8 Å². The fourth-order valence-corrected chi connectivity index (χ4v) is 3.02. The van der Waals surface area contributed by atoms with Gasteiger partial charge in [0.05, 0.1) is 5.92 Å². The standard InChI is InChI=1S/C14H27N3O/c1-4-12(3)16-5-7-17(8-6-16)14(18)13-10-15-9-11(13)2/h11-13,15H,4-10H2,1-3H3/t11-,12?,13-/m1/s1. The molecule has 0 spiro atoms. The van der Waals surface area contributed by atoms with Gasteiger partial charge < -0.3 is 10.2 Å². The Kier molecular flexibility index (Phi) is 4.62. The molecule has 0 bridgehead atoms. The summed E-state index contributed by atoms with van der Waals surface area (Å²) in [7, 11) is 0. The van der Waals surface area contributed by atoms with E-state index in [1.54, 1.807) is 0 Å². The van der Waals surface area contributed by atoms with Crippen LogP contribution in [-0.4, -0.2) is 61.0 Å². The van der Waals surface area contributed by atoms with Crippen molar-refractivity contribution in [3.63, 3.8) is 0 Å². The van der Waals surface area contributed by atoms with Gasteiger partial charge in [0.1, 0.15) is 0 Å². The summed E-state index contributed by atoms with van der Waals surface area (Å²) in [6.45, 7) is 12.4. The van der Waals surface area contributed by atoms with Crippen LogP contribution in [0.25, 0.3) is 0 Å². The lowest BCUT2D eigenvalue weighted by molar-refractivity contribution is -0.138. The Morgan fingerprint density at radius 1 is 1.28 bits per heavy atom. The quantitative estimate of drug-likeness (QED) is 0.807. The maximum Gasteiger partial charge on any atom is 0.227 e. The molecule has 0 saturated carbocycles. The zero-order valence-electron chi connectivity index (χ0n) is 12.0. The summed E-state index contributed by atoms with van der Waals surface area (Å²) < 4.78 is 0. The first-order chi connectivity index (χ1) is 8.63. The van der Waals surface area contributed by atoms with Crippen LogP contribution in [0.3, 0.4) is 0 Å². The molecule has 18 heavy (non-hydrogen) atoms. The highest BCUT2D eigenvalue weighted by molar-refractivity contribution is 5.79. The van der Waals surface area contributed by atoms with Gasteiger partial charge in [0.2, 0.25) is 5.91 Å². The van der Waals surface area contributed by atoms with E-state index in [0.717, 1.165) is 39.3 Å². The van der Waals surface area contributed by atoms with Crippen molar-refractivity contribution in [3.05, 3.63) is 0 Å². The molecule has 0 aromatic carbocycles. The molecule has 3 atom stereocenters. The average Bonchev–Trinajstić information content (AvgIpc) is 2.83. The molecule has 0 radical (unpaired) electrons. The summed E-state index contributed by atoms with van der Waals surface area (Å²) in [5.74, 6) is 1.07. The summed E-state index contributed by atoms with van der Waals surface area (Å²) >= 11 is 0. The highest BCUT2D eigenvalue weighted by Gasteiger charge is 2.34. The summed E-state index contributed by atoms with van der Waals surface area (Å²) in [5, 5.41) is 3.32. The zero-order chi connectivity index (χ0) is 13.1. The van der Waals surface area contributed by atoms with Gasteiger partial charge in [-0.05, 0) is 25.8 Å². The summed E-state index contributed by atoms with van der Waals surface area (Å²) in [5.41, 5.74) is 0. The number of hydrogen-bond acceptors (Lipinski definition) is 3. The van der Waals surface area contributed by atoms with Crippen LogP contribution in [0, 0.1) is 11.8 Å². The highest BCUT2D eigenvalue weighted by Crippen LogP contribution is 2.20. The van der Waals surface area contributed by atoms with Gasteiger partial charge in [-0.15, -0.1) is 0 Å². The molecule has 1 N–H and O–H groups in total. The summed E-state index contributed by atoms with van der Waals surface area (Å²) in [6, 6.07) is 0.648. The molecule has 2 rings (SSSR count). The van der Waals surface area contributed by atoms with E-state index in [1.165, 1.54) is 6.42 Å². The van der Waals surface area contributed by atoms with Crippen LogP contribution in [0.2, 0.25) is 0 Å². The molecule has 1 amide bonds. The van der Waals surface area contributed by atoms with Gasteiger partial charge in [0.25, 0.3) is 0 Å². The Labute approximate surface area is 111 Å². The second-order valence-electron chi connectivity index (χ2n) is 5.86. The molecule has 0 aliphatic carbocycles. The third kappa shape index (κ3) is 2.86. The van der Waals surface area contributed by atoms with E-state index in [4.69, 9.17) is 0 Å². The Morgan fingerprint density at radius 3 is 2.44 bits per heavy atom. The molecule has 2 fully saturated rings. The van der Waals surface area contributed by atoms with E-state index in [9.17, 15) is 4.79 Å². The molecule has 2 aliphatic rings. The Morgan fingerprint density at radius 2 is 1.94 bits per heavy atom. The fraction of sp³-hybridized carbons (Fsp3) is 0.929. The number of nitrogens with zero attached hydrogens (tertiary/aromatic N) is 2. The van der Waals surface area contributed by atoms with Crippen molar-refractivity contribution >= 4 is 5.91 Å². The minimum absolute atomic E-state index is 0.208. The van der Waals surface area contributed by atoms with Gasteiger partial charge in [0.15, 0.2) is 0 Å². The van der Waals surface area contributed by atoms with Crippen LogP contribution in [0.5, 0.6) is 0 Å². The van der Waals surface area contributed by atoms with Crippen molar-refractivity contribution < 1.29 is 4.79 Å². The van der Waals surface area contributed by atoms with Crippen LogP contribution >= 0.6 is 0 Å². The van der Waals surface area contributed by atoms with Crippen LogP contribution < -0.4 is 5.32 Å². The molecule has 104 valence electrons. The number of nitrogens with one attached hydrogen (secondary N) is 1. The third-order valence-electron chi connectivity index (χ3n) is 4.67. The Hall–Kier alpha value is -0.610. The first-order valence-corrected chi connectivity index (χ1v) is 7.37. The number of carbonyl (C=O) groups is 1. The lowest BCUT2D eigenvalue weighted by Gasteiger charge is -2.39. The predicted molar refractivity (Wildman–Crippen MR) is 73.4 cm³/mol. The minimum atomic E-state index is 0.208. The van der Waals surface area contributed by atoms with Gasteiger partial charge in [-0.2, -0.15) is 0 Å². The number of carbonyl (C=O) groups excluding carboxylic acids is 1. The van der Waals surface area contributed by atoms with E-state index >= 15 is 0 Å². The average molecular weight is 253 g/mol. The van der Waals surface area contributed by atoms with E-state index < -0.39 is 0 Å². The normalized spacial score (nSPS) is 31.6. The predicted octanol–water partition coefficient (Wildman–Crippen LogP) is 0.785. The van der Waals surface area contributed by atoms with Gasteiger partial charge >= 0.3 is 0 Å². The smallest absolute Gasteiger partial charge is 0.227 e. The van der Waals surface area contributed by atoms with Crippen molar-refractivity contribution in [2.45, 2.75) is 33.2 Å². The largest absolute Gasteiger partial charge is 0.340 e. The number of hydrogen-bond donors (Lipinski definition) is 1. The molecule has 0 aromatic heterocycles. The molecule has 2 aliphatic heterocycles. The minimum Gasteiger partial charge on any atom is -0.340 e. The third-order valence-corrected chi connectivity index (χ3v) is 4.67. The molecule has 0 aromatic rings. The summed E-state index contributed by atoms with van der Waals surface area (Å²) in [6.07, 6.45) is 1.19. The second-order valence-corrected chi connectivity index (χ2v) is 5.86. The van der Waals surface area contributed by atoms with Crippen molar-refractivity contribution in [1.82, 2.24) is 15.1 Å². The fourth-order valence-electron chi connectivity index (χ4n) is 3.02. The molecule has 4 nitrogen and oxygen atoms in total. The molecule has 1 unspecified atom stereocenters. The van der Waals surface area contributed by atoms with Crippen LogP contribution in [0.4, 0.5) is 0 Å². The maximum absolute atomic E-state index is 12.4. The first kappa shape index (κ1) is 13.8. The number of amides is 1. The van der Waals surface area contributed by atoms with E-state index in [-0.39, 0.29) is 5.92 Å². The van der Waals surface area contributed by atoms with Crippen LogP contribution in [0.15, 0.2) is 0 Å². The topological polar surface area (TPSA) is 35.6 Å². The van der Waals surface area contributed by atoms with Crippen molar-refractivity contribution in [2.75, 3.05) is 39.3 Å². The van der Waals surface area contributed by atoms with E-state index in [0.29, 0.717) is 17.9 Å². The van der Waals surface area contributed by atoms with E-state index in [2.05, 4.69) is 35.9 Å². The monoisotopic (exact) mass is 253 g/mol. The van der Waals surface area contributed by atoms with Gasteiger partial charge in [-0.1, -0.05) is 13.8 Å². The van der Waals surface area contributed by atoms with Gasteiger partial charge in [-0.3, -0.25) is 9.69 Å². The van der Waals surface area contributed by atoms with Crippen molar-refractivity contribution in [1.29, 1.82) is 0 Å². The molecular weight excluding hydrogens is 226 g/mol.